The first-order chi connectivity index (χ1) is 12.8. The number of hydrogen-bond donors (Lipinski definition) is 2. The van der Waals surface area contributed by atoms with Crippen LogP contribution in [-0.2, 0) is 6.18 Å². The number of hydrogen-bond acceptors (Lipinski definition) is 5. The van der Waals surface area contributed by atoms with Gasteiger partial charge in [0.2, 0.25) is 5.95 Å². The van der Waals surface area contributed by atoms with E-state index in [4.69, 9.17) is 0 Å². The van der Waals surface area contributed by atoms with Crippen molar-refractivity contribution in [2.75, 3.05) is 17.2 Å². The quantitative estimate of drug-likeness (QED) is 0.632. The van der Waals surface area contributed by atoms with Gasteiger partial charge in [-0.25, -0.2) is 4.98 Å². The Morgan fingerprint density at radius 3 is 2.41 bits per heavy atom. The van der Waals surface area contributed by atoms with Gasteiger partial charge in [0.15, 0.2) is 17.0 Å². The van der Waals surface area contributed by atoms with Crippen molar-refractivity contribution in [2.45, 2.75) is 39.4 Å². The summed E-state index contributed by atoms with van der Waals surface area (Å²) in [5, 5.41) is 6.21. The Kier molecular flexibility index (Phi) is 5.20. The molecule has 2 heterocycles. The number of imidazole rings is 1. The molecule has 0 aliphatic heterocycles. The molecule has 6 nitrogen and oxygen atoms in total. The minimum atomic E-state index is -4.37. The van der Waals surface area contributed by atoms with E-state index in [-0.39, 0.29) is 6.04 Å². The monoisotopic (exact) mass is 378 g/mol. The van der Waals surface area contributed by atoms with Crippen LogP contribution in [0.15, 0.2) is 30.6 Å². The average Bonchev–Trinajstić information content (AvgIpc) is 3.03. The molecular weight excluding hydrogens is 357 g/mol. The topological polar surface area (TPSA) is 67.7 Å². The molecule has 0 aliphatic rings. The Bertz CT molecular complexity index is 915. The molecule has 0 atom stereocenters. The molecule has 9 heteroatoms. The molecule has 0 unspecified atom stereocenters. The molecule has 0 radical (unpaired) electrons. The first kappa shape index (κ1) is 18.9. The number of aromatic nitrogens is 4. The van der Waals surface area contributed by atoms with Crippen LogP contribution in [0.1, 0.15) is 38.8 Å². The second kappa shape index (κ2) is 7.42. The van der Waals surface area contributed by atoms with E-state index in [1.165, 1.54) is 12.1 Å². The average molecular weight is 378 g/mol. The van der Waals surface area contributed by atoms with Crippen LogP contribution in [0.25, 0.3) is 11.2 Å². The molecule has 0 saturated carbocycles. The molecule has 144 valence electrons. The Morgan fingerprint density at radius 2 is 1.81 bits per heavy atom. The standard InChI is InChI=1S/C18H21F3N6/c1-4-9-22-15-14-16(27(10-23-14)11(2)3)26-17(25-15)24-13-7-5-12(6-8-13)18(19,20)21/h5-8,10-11H,4,9H2,1-3H3,(H2,22,24,25,26). The molecule has 0 fully saturated rings. The normalized spacial score (nSPS) is 12.0. The molecule has 0 spiro atoms. The van der Waals surface area contributed by atoms with E-state index in [9.17, 15) is 13.2 Å². The van der Waals surface area contributed by atoms with Crippen LogP contribution in [-0.4, -0.2) is 26.1 Å². The fourth-order valence-electron chi connectivity index (χ4n) is 2.59. The van der Waals surface area contributed by atoms with Crippen LogP contribution in [0.5, 0.6) is 0 Å². The van der Waals surface area contributed by atoms with E-state index in [0.717, 1.165) is 25.1 Å². The highest BCUT2D eigenvalue weighted by molar-refractivity contribution is 5.84. The van der Waals surface area contributed by atoms with Gasteiger partial charge in [0.25, 0.3) is 0 Å². The number of nitrogens with zero attached hydrogens (tertiary/aromatic N) is 4. The van der Waals surface area contributed by atoms with Crippen LogP contribution >= 0.6 is 0 Å². The van der Waals surface area contributed by atoms with Gasteiger partial charge in [-0.2, -0.15) is 23.1 Å². The zero-order valence-electron chi connectivity index (χ0n) is 15.3. The van der Waals surface area contributed by atoms with E-state index < -0.39 is 11.7 Å². The summed E-state index contributed by atoms with van der Waals surface area (Å²) in [5.74, 6) is 0.888. The van der Waals surface area contributed by atoms with Crippen LogP contribution in [0.2, 0.25) is 0 Å². The molecule has 2 N–H and O–H groups in total. The number of anilines is 3. The maximum atomic E-state index is 12.7. The van der Waals surface area contributed by atoms with Gasteiger partial charge in [0.1, 0.15) is 0 Å². The van der Waals surface area contributed by atoms with Gasteiger partial charge in [-0.15, -0.1) is 0 Å². The second-order valence-corrected chi connectivity index (χ2v) is 6.44. The molecule has 3 rings (SSSR count). The van der Waals surface area contributed by atoms with Crippen molar-refractivity contribution in [1.82, 2.24) is 19.5 Å². The highest BCUT2D eigenvalue weighted by Gasteiger charge is 2.30. The van der Waals surface area contributed by atoms with Crippen molar-refractivity contribution < 1.29 is 13.2 Å². The summed E-state index contributed by atoms with van der Waals surface area (Å²) in [6.07, 6.45) is -1.74. The zero-order chi connectivity index (χ0) is 19.6. The van der Waals surface area contributed by atoms with Crippen molar-refractivity contribution >= 4 is 28.6 Å². The van der Waals surface area contributed by atoms with Crippen LogP contribution in [0.3, 0.4) is 0 Å². The lowest BCUT2D eigenvalue weighted by atomic mass is 10.2. The molecule has 1 aromatic carbocycles. The van der Waals surface area contributed by atoms with Crippen LogP contribution in [0.4, 0.5) is 30.6 Å². The highest BCUT2D eigenvalue weighted by Crippen LogP contribution is 2.30. The molecule has 0 bridgehead atoms. The van der Waals surface area contributed by atoms with Crippen LogP contribution in [0, 0.1) is 0 Å². The third-order valence-corrected chi connectivity index (χ3v) is 3.99. The van der Waals surface area contributed by atoms with Gasteiger partial charge in [0.05, 0.1) is 11.9 Å². The van der Waals surface area contributed by atoms with E-state index in [1.54, 1.807) is 6.33 Å². The molecule has 0 saturated heterocycles. The highest BCUT2D eigenvalue weighted by atomic mass is 19.4. The van der Waals surface area contributed by atoms with Crippen molar-refractivity contribution in [3.63, 3.8) is 0 Å². The lowest BCUT2D eigenvalue weighted by molar-refractivity contribution is -0.137. The largest absolute Gasteiger partial charge is 0.416 e. The second-order valence-electron chi connectivity index (χ2n) is 6.44. The molecule has 27 heavy (non-hydrogen) atoms. The Morgan fingerprint density at radius 1 is 1.11 bits per heavy atom. The Hall–Kier alpha value is -2.84. The fraction of sp³-hybridized carbons (Fsp3) is 0.389. The lowest BCUT2D eigenvalue weighted by Gasteiger charge is -2.12. The van der Waals surface area contributed by atoms with Gasteiger partial charge < -0.3 is 15.2 Å². The summed E-state index contributed by atoms with van der Waals surface area (Å²) >= 11 is 0. The van der Waals surface area contributed by atoms with Crippen molar-refractivity contribution in [2.24, 2.45) is 0 Å². The van der Waals surface area contributed by atoms with E-state index >= 15 is 0 Å². The Labute approximate surface area is 154 Å². The Balaban J connectivity index is 1.96. The lowest BCUT2D eigenvalue weighted by Crippen LogP contribution is -2.08. The first-order valence-corrected chi connectivity index (χ1v) is 8.72. The van der Waals surface area contributed by atoms with Gasteiger partial charge in [-0.3, -0.25) is 0 Å². The number of fused-ring (bicyclic) bond motifs is 1. The van der Waals surface area contributed by atoms with Gasteiger partial charge in [-0.05, 0) is 44.5 Å². The maximum absolute atomic E-state index is 12.7. The minimum Gasteiger partial charge on any atom is -0.368 e. The molecular formula is C18H21F3N6. The van der Waals surface area contributed by atoms with E-state index in [2.05, 4.69) is 25.6 Å². The number of benzene rings is 1. The summed E-state index contributed by atoms with van der Waals surface area (Å²) in [4.78, 5) is 13.4. The van der Waals surface area contributed by atoms with Crippen molar-refractivity contribution in [1.29, 1.82) is 0 Å². The molecule has 2 aromatic heterocycles. The summed E-state index contributed by atoms with van der Waals surface area (Å²) < 4.78 is 40.1. The summed E-state index contributed by atoms with van der Waals surface area (Å²) in [6.45, 7) is 6.80. The van der Waals surface area contributed by atoms with Crippen molar-refractivity contribution in [3.05, 3.63) is 36.2 Å². The summed E-state index contributed by atoms with van der Waals surface area (Å²) in [6, 6.07) is 4.91. The predicted molar refractivity (Wildman–Crippen MR) is 99.2 cm³/mol. The molecule has 0 aliphatic carbocycles. The third kappa shape index (κ3) is 4.12. The minimum absolute atomic E-state index is 0.155. The number of halogens is 3. The summed E-state index contributed by atoms with van der Waals surface area (Å²) in [5.41, 5.74) is 1.09. The smallest absolute Gasteiger partial charge is 0.368 e. The maximum Gasteiger partial charge on any atom is 0.416 e. The van der Waals surface area contributed by atoms with Crippen molar-refractivity contribution in [3.8, 4) is 0 Å². The first-order valence-electron chi connectivity index (χ1n) is 8.72. The zero-order valence-corrected chi connectivity index (χ0v) is 15.3. The number of nitrogens with one attached hydrogen (secondary N) is 2. The number of rotatable bonds is 6. The predicted octanol–water partition coefficient (Wildman–Crippen LogP) is 4.99. The SMILES string of the molecule is CCCNc1nc(Nc2ccc(C(F)(F)F)cc2)nc2c1ncn2C(C)C. The van der Waals surface area contributed by atoms with Gasteiger partial charge in [-0.1, -0.05) is 6.92 Å². The van der Waals surface area contributed by atoms with Gasteiger partial charge in [0, 0.05) is 18.3 Å². The summed E-state index contributed by atoms with van der Waals surface area (Å²) in [7, 11) is 0. The third-order valence-electron chi connectivity index (χ3n) is 3.99. The number of alkyl halides is 3. The van der Waals surface area contributed by atoms with Crippen LogP contribution < -0.4 is 10.6 Å². The fourth-order valence-corrected chi connectivity index (χ4v) is 2.59. The van der Waals surface area contributed by atoms with E-state index in [0.29, 0.717) is 28.6 Å². The molecule has 0 amide bonds. The van der Waals surface area contributed by atoms with E-state index in [1.807, 2.05) is 25.3 Å². The molecule has 3 aromatic rings. The van der Waals surface area contributed by atoms with Gasteiger partial charge >= 0.3 is 6.18 Å².